The van der Waals surface area contributed by atoms with Crippen LogP contribution in [0.5, 0.6) is 0 Å². The second kappa shape index (κ2) is 12.4. The lowest BCUT2D eigenvalue weighted by Gasteiger charge is -2.44. The van der Waals surface area contributed by atoms with Gasteiger partial charge in [-0.05, 0) is 91.6 Å². The molecule has 0 heterocycles. The van der Waals surface area contributed by atoms with Gasteiger partial charge in [-0.25, -0.2) is 0 Å². The van der Waals surface area contributed by atoms with Gasteiger partial charge in [0.15, 0.2) is 0 Å². The summed E-state index contributed by atoms with van der Waals surface area (Å²) in [5.74, 6) is 2.94. The van der Waals surface area contributed by atoms with Crippen LogP contribution in [0.4, 0.5) is 0 Å². The molecular weight excluding hydrogens is 420 g/mol. The molecule has 0 aromatic heterocycles. The Kier molecular flexibility index (Phi) is 10.1. The molecule has 3 fully saturated rings. The number of aliphatic hydroxyl groups excluding tert-OH is 3. The largest absolute Gasteiger partial charge is 0.396 e. The molecule has 7 atom stereocenters. The van der Waals surface area contributed by atoms with Crippen molar-refractivity contribution < 1.29 is 15.3 Å². The number of allylic oxidation sites excluding steroid dienone is 3. The smallest absolute Gasteiger partial charge is 0.0839 e. The Bertz CT molecular complexity index is 735. The molecule has 3 heteroatoms. The van der Waals surface area contributed by atoms with Gasteiger partial charge in [0.2, 0.25) is 0 Å². The second-order valence-corrected chi connectivity index (χ2v) is 12.5. The highest BCUT2D eigenvalue weighted by Gasteiger charge is 2.50. The standard InChI is InChI=1S/C31H52O3/c1-21(2)10-8-11-22(3)27-16-17-28-24(12-9-18-31(27,28)5)14-15-25-20-29(33)26(13-6-7-19-32)30(34)23(25)4/h14-15,21-22,26-30,32-34H,4,6-13,16-20H2,1-3,5H3/b24-14+,25-15-/t22-,26+,27-,28+,29-,30-,31-/m1/s1. The molecule has 3 N–H and O–H groups in total. The molecule has 34 heavy (non-hydrogen) atoms. The van der Waals surface area contributed by atoms with Gasteiger partial charge in [-0.1, -0.05) is 77.7 Å². The summed E-state index contributed by atoms with van der Waals surface area (Å²) in [5, 5.41) is 30.6. The number of rotatable bonds is 10. The van der Waals surface area contributed by atoms with Crippen LogP contribution < -0.4 is 0 Å². The molecule has 0 aliphatic heterocycles. The van der Waals surface area contributed by atoms with Crippen LogP contribution >= 0.6 is 0 Å². The summed E-state index contributed by atoms with van der Waals surface area (Å²) in [6.07, 6.45) is 16.7. The fourth-order valence-electron chi connectivity index (χ4n) is 7.65. The molecule has 0 aromatic rings. The molecule has 194 valence electrons. The highest BCUT2D eigenvalue weighted by molar-refractivity contribution is 5.39. The predicted molar refractivity (Wildman–Crippen MR) is 142 cm³/mol. The van der Waals surface area contributed by atoms with Crippen LogP contribution in [-0.4, -0.2) is 34.1 Å². The number of fused-ring (bicyclic) bond motifs is 1. The second-order valence-electron chi connectivity index (χ2n) is 12.5. The van der Waals surface area contributed by atoms with Crippen LogP contribution in [0.3, 0.4) is 0 Å². The van der Waals surface area contributed by atoms with Crippen LogP contribution in [0.2, 0.25) is 0 Å². The fourth-order valence-corrected chi connectivity index (χ4v) is 7.65. The minimum atomic E-state index is -0.689. The van der Waals surface area contributed by atoms with Gasteiger partial charge in [-0.2, -0.15) is 0 Å². The number of hydrogen-bond acceptors (Lipinski definition) is 3. The van der Waals surface area contributed by atoms with Crippen molar-refractivity contribution in [3.63, 3.8) is 0 Å². The minimum Gasteiger partial charge on any atom is -0.396 e. The summed E-state index contributed by atoms with van der Waals surface area (Å²) in [4.78, 5) is 0. The van der Waals surface area contributed by atoms with Gasteiger partial charge in [0.25, 0.3) is 0 Å². The maximum atomic E-state index is 10.8. The maximum Gasteiger partial charge on any atom is 0.0839 e. The first kappa shape index (κ1) is 27.7. The zero-order valence-corrected chi connectivity index (χ0v) is 22.4. The van der Waals surface area contributed by atoms with E-state index in [0.29, 0.717) is 24.2 Å². The third-order valence-corrected chi connectivity index (χ3v) is 9.71. The molecule has 3 nitrogen and oxygen atoms in total. The van der Waals surface area contributed by atoms with Crippen molar-refractivity contribution in [1.82, 2.24) is 0 Å². The van der Waals surface area contributed by atoms with E-state index in [-0.39, 0.29) is 12.5 Å². The Morgan fingerprint density at radius 2 is 1.82 bits per heavy atom. The van der Waals surface area contributed by atoms with Gasteiger partial charge < -0.3 is 15.3 Å². The number of aliphatic hydroxyl groups is 3. The van der Waals surface area contributed by atoms with E-state index in [4.69, 9.17) is 5.11 Å². The minimum absolute atomic E-state index is 0.163. The summed E-state index contributed by atoms with van der Waals surface area (Å²) in [6.45, 7) is 14.1. The lowest BCUT2D eigenvalue weighted by Crippen LogP contribution is -2.38. The molecule has 0 aromatic carbocycles. The van der Waals surface area contributed by atoms with Gasteiger partial charge in [0, 0.05) is 12.5 Å². The molecule has 0 radical (unpaired) electrons. The summed E-state index contributed by atoms with van der Waals surface area (Å²) in [6, 6.07) is 0. The molecule has 0 unspecified atom stereocenters. The third kappa shape index (κ3) is 6.26. The van der Waals surface area contributed by atoms with Crippen molar-refractivity contribution in [1.29, 1.82) is 0 Å². The van der Waals surface area contributed by atoms with Crippen molar-refractivity contribution in [3.05, 3.63) is 35.5 Å². The van der Waals surface area contributed by atoms with E-state index in [1.165, 1.54) is 51.4 Å². The first-order valence-corrected chi connectivity index (χ1v) is 14.2. The van der Waals surface area contributed by atoms with Crippen molar-refractivity contribution >= 4 is 0 Å². The molecule has 3 aliphatic carbocycles. The lowest BCUT2D eigenvalue weighted by atomic mass is 9.60. The molecule has 0 saturated heterocycles. The summed E-state index contributed by atoms with van der Waals surface area (Å²) < 4.78 is 0. The number of hydrogen-bond donors (Lipinski definition) is 3. The molecule has 3 saturated carbocycles. The van der Waals surface area contributed by atoms with E-state index < -0.39 is 12.2 Å². The van der Waals surface area contributed by atoms with Crippen LogP contribution in [0.25, 0.3) is 0 Å². The van der Waals surface area contributed by atoms with Crippen LogP contribution in [-0.2, 0) is 0 Å². The van der Waals surface area contributed by atoms with E-state index in [9.17, 15) is 10.2 Å². The van der Waals surface area contributed by atoms with Crippen molar-refractivity contribution in [3.8, 4) is 0 Å². The Balaban J connectivity index is 1.68. The van der Waals surface area contributed by atoms with Crippen molar-refractivity contribution in [2.45, 2.75) is 117 Å². The fraction of sp³-hybridized carbons (Fsp3) is 0.806. The zero-order valence-electron chi connectivity index (χ0n) is 22.4. The molecule has 3 aliphatic rings. The first-order chi connectivity index (χ1) is 16.2. The monoisotopic (exact) mass is 472 g/mol. The Hall–Kier alpha value is -0.900. The van der Waals surface area contributed by atoms with Crippen molar-refractivity contribution in [2.24, 2.45) is 35.0 Å². The SMILES string of the molecule is C=C1/C(=C\C=C2/CCC[C@]3(C)[C@@H]([C@H](C)CCCC(C)C)CC[C@@H]23)C[C@@H](O)[C@H](CCCCO)[C@@H]1O. The lowest BCUT2D eigenvalue weighted by molar-refractivity contribution is 0.0124. The molecule has 0 amide bonds. The highest BCUT2D eigenvalue weighted by Crippen LogP contribution is 2.60. The topological polar surface area (TPSA) is 60.7 Å². The van der Waals surface area contributed by atoms with Gasteiger partial charge in [-0.15, -0.1) is 0 Å². The average molecular weight is 473 g/mol. The normalized spacial score (nSPS) is 37.5. The molecule has 0 bridgehead atoms. The Morgan fingerprint density at radius 3 is 2.53 bits per heavy atom. The average Bonchev–Trinajstić information content (AvgIpc) is 3.15. The first-order valence-electron chi connectivity index (χ1n) is 14.2. The van der Waals surface area contributed by atoms with Crippen LogP contribution in [0, 0.1) is 35.0 Å². The highest BCUT2D eigenvalue weighted by atomic mass is 16.3. The quantitative estimate of drug-likeness (QED) is 0.301. The summed E-state index contributed by atoms with van der Waals surface area (Å²) in [7, 11) is 0. The number of unbranched alkanes of at least 4 members (excludes halogenated alkanes) is 1. The van der Waals surface area contributed by atoms with Gasteiger partial charge in [-0.3, -0.25) is 0 Å². The molecule has 0 spiro atoms. The van der Waals surface area contributed by atoms with Gasteiger partial charge >= 0.3 is 0 Å². The van der Waals surface area contributed by atoms with E-state index in [0.717, 1.165) is 41.7 Å². The Labute approximate surface area is 209 Å². The zero-order chi connectivity index (χ0) is 24.9. The van der Waals surface area contributed by atoms with E-state index in [1.807, 2.05) is 0 Å². The maximum absolute atomic E-state index is 10.8. The van der Waals surface area contributed by atoms with Gasteiger partial charge in [0.05, 0.1) is 12.2 Å². The molecular formula is C31H52O3. The van der Waals surface area contributed by atoms with E-state index in [2.05, 4.69) is 46.4 Å². The van der Waals surface area contributed by atoms with Crippen molar-refractivity contribution in [2.75, 3.05) is 6.61 Å². The summed E-state index contributed by atoms with van der Waals surface area (Å²) >= 11 is 0. The third-order valence-electron chi connectivity index (χ3n) is 9.71. The van der Waals surface area contributed by atoms with Crippen LogP contribution in [0.15, 0.2) is 35.5 Å². The van der Waals surface area contributed by atoms with E-state index in [1.54, 1.807) is 5.57 Å². The van der Waals surface area contributed by atoms with E-state index >= 15 is 0 Å². The summed E-state index contributed by atoms with van der Waals surface area (Å²) in [5.41, 5.74) is 3.79. The predicted octanol–water partition coefficient (Wildman–Crippen LogP) is 6.98. The Morgan fingerprint density at radius 1 is 1.06 bits per heavy atom. The van der Waals surface area contributed by atoms with Gasteiger partial charge in [0.1, 0.15) is 0 Å². The molecule has 3 rings (SSSR count). The van der Waals surface area contributed by atoms with Crippen LogP contribution in [0.1, 0.15) is 105 Å².